The molecule has 0 amide bonds. The van der Waals surface area contributed by atoms with Gasteiger partial charge in [0.25, 0.3) is 0 Å². The number of nitrogens with two attached hydrogens (primary N) is 1. The minimum atomic E-state index is -0.255. The van der Waals surface area contributed by atoms with Crippen LogP contribution < -0.4 is 5.73 Å². The molecule has 17 heavy (non-hydrogen) atoms. The van der Waals surface area contributed by atoms with Gasteiger partial charge in [0.1, 0.15) is 0 Å². The number of rotatable bonds is 1. The summed E-state index contributed by atoms with van der Waals surface area (Å²) in [5.41, 5.74) is 9.05. The predicted octanol–water partition coefficient (Wildman–Crippen LogP) is 2.75. The molecule has 2 aromatic rings. The third-order valence-corrected chi connectivity index (χ3v) is 3.70. The van der Waals surface area contributed by atoms with E-state index in [-0.39, 0.29) is 5.54 Å². The lowest BCUT2D eigenvalue weighted by Crippen LogP contribution is -2.39. The minimum absolute atomic E-state index is 0.255. The average Bonchev–Trinajstić information content (AvgIpc) is 2.39. The molecule has 1 aromatic carbocycles. The third-order valence-electron chi connectivity index (χ3n) is 3.70. The summed E-state index contributed by atoms with van der Waals surface area (Å²) in [4.78, 5) is 9.14. The van der Waals surface area contributed by atoms with Crippen LogP contribution in [0.3, 0.4) is 0 Å². The Morgan fingerprint density at radius 2 is 1.71 bits per heavy atom. The number of fused-ring (bicyclic) bond motifs is 1. The second-order valence-electron chi connectivity index (χ2n) is 4.96. The Kier molecular flexibility index (Phi) is 2.56. The lowest BCUT2D eigenvalue weighted by molar-refractivity contribution is 0.295. The van der Waals surface area contributed by atoms with Crippen molar-refractivity contribution in [3.05, 3.63) is 36.2 Å². The van der Waals surface area contributed by atoms with Crippen LogP contribution in [0.5, 0.6) is 0 Å². The quantitative estimate of drug-likeness (QED) is 0.815. The highest BCUT2D eigenvalue weighted by Gasteiger charge is 2.31. The highest BCUT2D eigenvalue weighted by molar-refractivity contribution is 5.73. The van der Waals surface area contributed by atoms with Crippen molar-refractivity contribution in [2.45, 2.75) is 37.6 Å². The normalized spacial score (nSPS) is 19.4. The second kappa shape index (κ2) is 4.08. The molecule has 1 heterocycles. The van der Waals surface area contributed by atoms with Crippen LogP contribution in [0.15, 0.2) is 30.5 Å². The van der Waals surface area contributed by atoms with E-state index in [4.69, 9.17) is 5.73 Å². The van der Waals surface area contributed by atoms with E-state index in [1.807, 2.05) is 30.5 Å². The average molecular weight is 227 g/mol. The summed E-state index contributed by atoms with van der Waals surface area (Å²) in [6.45, 7) is 0. The SMILES string of the molecule is NC1(c2cnc3ccccc3n2)CCCCC1. The van der Waals surface area contributed by atoms with Crippen LogP contribution in [0.2, 0.25) is 0 Å². The fourth-order valence-electron chi connectivity index (χ4n) is 2.64. The molecule has 3 rings (SSSR count). The maximum atomic E-state index is 6.47. The number of hydrogen-bond donors (Lipinski definition) is 1. The van der Waals surface area contributed by atoms with Gasteiger partial charge in [0.05, 0.1) is 28.5 Å². The van der Waals surface area contributed by atoms with Crippen molar-refractivity contribution in [3.8, 4) is 0 Å². The smallest absolute Gasteiger partial charge is 0.0890 e. The largest absolute Gasteiger partial charge is 0.320 e. The van der Waals surface area contributed by atoms with Gasteiger partial charge in [-0.1, -0.05) is 31.4 Å². The zero-order valence-corrected chi connectivity index (χ0v) is 9.89. The summed E-state index contributed by atoms with van der Waals surface area (Å²) in [5.74, 6) is 0. The number of nitrogens with zero attached hydrogens (tertiary/aromatic N) is 2. The van der Waals surface area contributed by atoms with Crippen molar-refractivity contribution in [1.82, 2.24) is 9.97 Å². The van der Waals surface area contributed by atoms with Crippen molar-refractivity contribution in [2.75, 3.05) is 0 Å². The first-order chi connectivity index (χ1) is 8.28. The van der Waals surface area contributed by atoms with Gasteiger partial charge in [0.15, 0.2) is 0 Å². The van der Waals surface area contributed by atoms with Gasteiger partial charge in [-0.15, -0.1) is 0 Å². The number of para-hydroxylation sites is 2. The van der Waals surface area contributed by atoms with Gasteiger partial charge in [-0.25, -0.2) is 4.98 Å². The van der Waals surface area contributed by atoms with Crippen LogP contribution in [0.25, 0.3) is 11.0 Å². The van der Waals surface area contributed by atoms with Crippen molar-refractivity contribution in [2.24, 2.45) is 5.73 Å². The monoisotopic (exact) mass is 227 g/mol. The molecule has 2 N–H and O–H groups in total. The van der Waals surface area contributed by atoms with E-state index in [0.29, 0.717) is 0 Å². The molecule has 0 spiro atoms. The molecule has 0 atom stereocenters. The van der Waals surface area contributed by atoms with Crippen LogP contribution in [0.4, 0.5) is 0 Å². The molecule has 0 unspecified atom stereocenters. The molecule has 0 aliphatic heterocycles. The first-order valence-electron chi connectivity index (χ1n) is 6.29. The fourth-order valence-corrected chi connectivity index (χ4v) is 2.64. The van der Waals surface area contributed by atoms with Gasteiger partial charge in [0, 0.05) is 0 Å². The maximum absolute atomic E-state index is 6.47. The predicted molar refractivity (Wildman–Crippen MR) is 68.5 cm³/mol. The molecule has 88 valence electrons. The van der Waals surface area contributed by atoms with Gasteiger partial charge >= 0.3 is 0 Å². The van der Waals surface area contributed by atoms with E-state index in [0.717, 1.165) is 29.6 Å². The van der Waals surface area contributed by atoms with Crippen LogP contribution >= 0.6 is 0 Å². The summed E-state index contributed by atoms with van der Waals surface area (Å²) in [5, 5.41) is 0. The van der Waals surface area contributed by atoms with Gasteiger partial charge in [-0.2, -0.15) is 0 Å². The molecule has 1 aromatic heterocycles. The van der Waals surface area contributed by atoms with E-state index in [1.165, 1.54) is 19.3 Å². The van der Waals surface area contributed by atoms with Crippen LogP contribution in [-0.2, 0) is 5.54 Å². The Balaban J connectivity index is 2.05. The highest BCUT2D eigenvalue weighted by atomic mass is 14.9. The summed E-state index contributed by atoms with van der Waals surface area (Å²) in [7, 11) is 0. The van der Waals surface area contributed by atoms with Crippen molar-refractivity contribution in [3.63, 3.8) is 0 Å². The number of hydrogen-bond acceptors (Lipinski definition) is 3. The number of benzene rings is 1. The molecule has 1 aliphatic carbocycles. The second-order valence-corrected chi connectivity index (χ2v) is 4.96. The van der Waals surface area contributed by atoms with Crippen LogP contribution in [0.1, 0.15) is 37.8 Å². The van der Waals surface area contributed by atoms with Crippen molar-refractivity contribution < 1.29 is 0 Å². The maximum Gasteiger partial charge on any atom is 0.0890 e. The Bertz CT molecular complexity index is 530. The van der Waals surface area contributed by atoms with Gasteiger partial charge < -0.3 is 5.73 Å². The lowest BCUT2D eigenvalue weighted by atomic mass is 9.80. The minimum Gasteiger partial charge on any atom is -0.320 e. The van der Waals surface area contributed by atoms with Gasteiger partial charge in [-0.3, -0.25) is 4.98 Å². The van der Waals surface area contributed by atoms with E-state index in [9.17, 15) is 0 Å². The summed E-state index contributed by atoms with van der Waals surface area (Å²) in [6, 6.07) is 7.95. The van der Waals surface area contributed by atoms with Crippen LogP contribution in [-0.4, -0.2) is 9.97 Å². The zero-order chi connectivity index (χ0) is 11.7. The molecule has 0 radical (unpaired) electrons. The van der Waals surface area contributed by atoms with Crippen molar-refractivity contribution in [1.29, 1.82) is 0 Å². The Labute approximate surface area is 101 Å². The van der Waals surface area contributed by atoms with E-state index in [2.05, 4.69) is 9.97 Å². The molecule has 3 nitrogen and oxygen atoms in total. The fraction of sp³-hybridized carbons (Fsp3) is 0.429. The van der Waals surface area contributed by atoms with E-state index < -0.39 is 0 Å². The molecule has 0 bridgehead atoms. The molecule has 1 fully saturated rings. The molecular weight excluding hydrogens is 210 g/mol. The van der Waals surface area contributed by atoms with E-state index >= 15 is 0 Å². The van der Waals surface area contributed by atoms with Crippen molar-refractivity contribution >= 4 is 11.0 Å². The first kappa shape index (κ1) is 10.7. The van der Waals surface area contributed by atoms with Gasteiger partial charge in [-0.05, 0) is 25.0 Å². The topological polar surface area (TPSA) is 51.8 Å². The van der Waals surface area contributed by atoms with E-state index in [1.54, 1.807) is 0 Å². The molecule has 1 saturated carbocycles. The Morgan fingerprint density at radius 1 is 1.00 bits per heavy atom. The lowest BCUT2D eigenvalue weighted by Gasteiger charge is -2.32. The Morgan fingerprint density at radius 3 is 2.47 bits per heavy atom. The Hall–Kier alpha value is -1.48. The molecule has 0 saturated heterocycles. The standard InChI is InChI=1S/C14H17N3/c15-14(8-4-1-5-9-14)13-10-16-11-6-2-3-7-12(11)17-13/h2-3,6-7,10H,1,4-5,8-9,15H2. The molecule has 3 heteroatoms. The van der Waals surface area contributed by atoms with Crippen LogP contribution in [0, 0.1) is 0 Å². The van der Waals surface area contributed by atoms with Gasteiger partial charge in [0.2, 0.25) is 0 Å². The zero-order valence-electron chi connectivity index (χ0n) is 9.89. The first-order valence-corrected chi connectivity index (χ1v) is 6.29. The molecular formula is C14H17N3. The summed E-state index contributed by atoms with van der Waals surface area (Å²) >= 11 is 0. The summed E-state index contributed by atoms with van der Waals surface area (Å²) in [6.07, 6.45) is 7.60. The number of aromatic nitrogens is 2. The highest BCUT2D eigenvalue weighted by Crippen LogP contribution is 2.33. The third kappa shape index (κ3) is 1.91. The summed E-state index contributed by atoms with van der Waals surface area (Å²) < 4.78 is 0. The molecule has 1 aliphatic rings.